The highest BCUT2D eigenvalue weighted by Gasteiger charge is 2.24. The van der Waals surface area contributed by atoms with Crippen LogP contribution in [0.4, 0.5) is 17.1 Å². The highest BCUT2D eigenvalue weighted by atomic mass is 32.2. The number of Topliss-reactive ketones (excluding diaryl/α,β-unsaturated/α-hetero) is 1. The van der Waals surface area contributed by atoms with E-state index in [0.29, 0.717) is 22.9 Å². The molecule has 11 heteroatoms. The average Bonchev–Trinajstić information content (AvgIpc) is 3.22. The van der Waals surface area contributed by atoms with Crippen molar-refractivity contribution in [3.05, 3.63) is 73.8 Å². The smallest absolute Gasteiger partial charge is 0.287 e. The Balaban J connectivity index is 1.97. The molecule has 0 bridgehead atoms. The first-order valence-electron chi connectivity index (χ1n) is 8.42. The molecule has 3 rings (SSSR count). The summed E-state index contributed by atoms with van der Waals surface area (Å²) < 4.78 is 0. The maximum atomic E-state index is 12.9. The minimum atomic E-state index is -0.756. The largest absolute Gasteiger partial charge is 0.301 e. The number of carbonyl (C=O) groups excluding carboxylic acids is 1. The van der Waals surface area contributed by atoms with E-state index in [1.54, 1.807) is 24.3 Å². The van der Waals surface area contributed by atoms with Crippen molar-refractivity contribution in [2.75, 3.05) is 17.7 Å². The van der Waals surface area contributed by atoms with Gasteiger partial charge in [0, 0.05) is 23.9 Å². The predicted octanol–water partition coefficient (Wildman–Crippen LogP) is 3.61. The summed E-state index contributed by atoms with van der Waals surface area (Å²) in [6, 6.07) is 10.1. The van der Waals surface area contributed by atoms with E-state index < -0.39 is 21.2 Å². The molecular weight excluding hydrogens is 398 g/mol. The van der Waals surface area contributed by atoms with Crippen LogP contribution in [0, 0.1) is 27.2 Å². The first-order chi connectivity index (χ1) is 13.9. The summed E-state index contributed by atoms with van der Waals surface area (Å²) in [5.41, 5.74) is 2.93. The predicted molar refractivity (Wildman–Crippen MR) is 111 cm³/mol. The molecule has 1 aliphatic heterocycles. The van der Waals surface area contributed by atoms with E-state index in [1.165, 1.54) is 17.8 Å². The fourth-order valence-corrected chi connectivity index (χ4v) is 3.34. The van der Waals surface area contributed by atoms with E-state index in [1.807, 2.05) is 6.92 Å². The summed E-state index contributed by atoms with van der Waals surface area (Å²) in [4.78, 5) is 37.9. The summed E-state index contributed by atoms with van der Waals surface area (Å²) in [7, 11) is 0. The number of nitro benzene ring substituents is 2. The van der Waals surface area contributed by atoms with Crippen molar-refractivity contribution in [3.8, 4) is 0 Å². The van der Waals surface area contributed by atoms with E-state index >= 15 is 0 Å². The SMILES string of the molecule is Cc1ccc(C(=O)/C(=N/Nc2ccc([N+](=O)[O-])cc2[N+](=O)[O-])C2=NCCS2)cc1. The van der Waals surface area contributed by atoms with Gasteiger partial charge in [-0.15, -0.1) is 11.8 Å². The zero-order chi connectivity index (χ0) is 21.0. The molecule has 0 spiro atoms. The molecule has 1 N–H and O–H groups in total. The summed E-state index contributed by atoms with van der Waals surface area (Å²) >= 11 is 1.36. The van der Waals surface area contributed by atoms with Crippen LogP contribution in [0.2, 0.25) is 0 Å². The number of nitrogens with zero attached hydrogens (tertiary/aromatic N) is 4. The van der Waals surface area contributed by atoms with Gasteiger partial charge in [0.2, 0.25) is 5.78 Å². The molecule has 2 aromatic carbocycles. The first kappa shape index (κ1) is 20.1. The molecule has 148 valence electrons. The number of thioether (sulfide) groups is 1. The van der Waals surface area contributed by atoms with Crippen molar-refractivity contribution in [3.63, 3.8) is 0 Å². The summed E-state index contributed by atoms with van der Waals surface area (Å²) in [6.07, 6.45) is 0. The van der Waals surface area contributed by atoms with Crippen LogP contribution in [0.5, 0.6) is 0 Å². The number of carbonyl (C=O) groups is 1. The number of rotatable bonds is 7. The van der Waals surface area contributed by atoms with Gasteiger partial charge in [0.1, 0.15) is 10.7 Å². The van der Waals surface area contributed by atoms with Crippen LogP contribution in [-0.2, 0) is 0 Å². The van der Waals surface area contributed by atoms with Crippen LogP contribution in [-0.4, -0.2) is 38.7 Å². The van der Waals surface area contributed by atoms with Gasteiger partial charge in [-0.05, 0) is 13.0 Å². The van der Waals surface area contributed by atoms with Gasteiger partial charge in [-0.3, -0.25) is 35.4 Å². The Kier molecular flexibility index (Phi) is 5.98. The summed E-state index contributed by atoms with van der Waals surface area (Å²) in [5, 5.41) is 26.7. The number of hydrazone groups is 1. The van der Waals surface area contributed by atoms with Gasteiger partial charge in [0.05, 0.1) is 15.9 Å². The van der Waals surface area contributed by atoms with E-state index in [-0.39, 0.29) is 17.2 Å². The Morgan fingerprint density at radius 3 is 2.45 bits per heavy atom. The molecule has 2 aromatic rings. The monoisotopic (exact) mass is 413 g/mol. The third-order valence-corrected chi connectivity index (χ3v) is 4.98. The van der Waals surface area contributed by atoms with Gasteiger partial charge in [-0.2, -0.15) is 5.10 Å². The Morgan fingerprint density at radius 2 is 1.86 bits per heavy atom. The van der Waals surface area contributed by atoms with Crippen LogP contribution in [0.3, 0.4) is 0 Å². The minimum absolute atomic E-state index is 0.0315. The van der Waals surface area contributed by atoms with Crippen molar-refractivity contribution in [2.45, 2.75) is 6.92 Å². The molecule has 1 aliphatic rings. The second-order valence-electron chi connectivity index (χ2n) is 6.02. The van der Waals surface area contributed by atoms with Crippen molar-refractivity contribution >= 4 is 45.4 Å². The lowest BCUT2D eigenvalue weighted by Gasteiger charge is -2.08. The second-order valence-corrected chi connectivity index (χ2v) is 7.10. The molecule has 29 heavy (non-hydrogen) atoms. The molecule has 0 aromatic heterocycles. The molecule has 1 heterocycles. The molecule has 0 saturated heterocycles. The van der Waals surface area contributed by atoms with Gasteiger partial charge in [-0.25, -0.2) is 0 Å². The third-order valence-electron chi connectivity index (χ3n) is 3.99. The Bertz CT molecular complexity index is 1050. The number of ketones is 1. The van der Waals surface area contributed by atoms with Gasteiger partial charge in [0.25, 0.3) is 5.69 Å². The average molecular weight is 413 g/mol. The molecule has 0 atom stereocenters. The quantitative estimate of drug-likeness (QED) is 0.316. The second kappa shape index (κ2) is 8.61. The molecular formula is C18H15N5O5S. The van der Waals surface area contributed by atoms with Gasteiger partial charge in [-0.1, -0.05) is 29.8 Å². The Labute approximate surface area is 169 Å². The number of benzene rings is 2. The maximum absolute atomic E-state index is 12.9. The maximum Gasteiger partial charge on any atom is 0.301 e. The van der Waals surface area contributed by atoms with Crippen LogP contribution in [0.25, 0.3) is 0 Å². The van der Waals surface area contributed by atoms with Crippen LogP contribution in [0.1, 0.15) is 15.9 Å². The Morgan fingerprint density at radius 1 is 1.14 bits per heavy atom. The number of nitro groups is 2. The molecule has 0 amide bonds. The fraction of sp³-hybridized carbons (Fsp3) is 0.167. The van der Waals surface area contributed by atoms with Crippen LogP contribution in [0.15, 0.2) is 52.6 Å². The van der Waals surface area contributed by atoms with Crippen molar-refractivity contribution in [1.82, 2.24) is 0 Å². The molecule has 0 unspecified atom stereocenters. The minimum Gasteiger partial charge on any atom is -0.287 e. The molecule has 0 aliphatic carbocycles. The van der Waals surface area contributed by atoms with E-state index in [4.69, 9.17) is 0 Å². The van der Waals surface area contributed by atoms with E-state index in [0.717, 1.165) is 17.7 Å². The van der Waals surface area contributed by atoms with Crippen molar-refractivity contribution in [1.29, 1.82) is 0 Å². The Hall–Kier alpha value is -3.60. The van der Waals surface area contributed by atoms with E-state index in [2.05, 4.69) is 15.5 Å². The number of hydrogen-bond donors (Lipinski definition) is 1. The van der Waals surface area contributed by atoms with Gasteiger partial charge < -0.3 is 0 Å². The van der Waals surface area contributed by atoms with Gasteiger partial charge >= 0.3 is 5.69 Å². The highest BCUT2D eigenvalue weighted by Crippen LogP contribution is 2.29. The molecule has 0 radical (unpaired) electrons. The van der Waals surface area contributed by atoms with Gasteiger partial charge in [0.15, 0.2) is 5.71 Å². The lowest BCUT2D eigenvalue weighted by molar-refractivity contribution is -0.393. The van der Waals surface area contributed by atoms with Crippen molar-refractivity contribution in [2.24, 2.45) is 10.1 Å². The summed E-state index contributed by atoms with van der Waals surface area (Å²) in [5.74, 6) is 0.322. The zero-order valence-corrected chi connectivity index (χ0v) is 16.0. The lowest BCUT2D eigenvalue weighted by atomic mass is 10.1. The number of hydrogen-bond acceptors (Lipinski definition) is 9. The normalized spacial score (nSPS) is 13.7. The van der Waals surface area contributed by atoms with E-state index in [9.17, 15) is 25.0 Å². The standard InChI is InChI=1S/C18H15N5O5S/c1-11-2-4-12(5-3-11)17(24)16(18-19-8-9-29-18)21-20-14-7-6-13(22(25)26)10-15(14)23(27)28/h2-7,10,20H,8-9H2,1H3/b21-16-. The fourth-order valence-electron chi connectivity index (χ4n) is 2.51. The number of anilines is 1. The molecule has 10 nitrogen and oxygen atoms in total. The van der Waals surface area contributed by atoms with Crippen LogP contribution >= 0.6 is 11.8 Å². The molecule has 0 fully saturated rings. The van der Waals surface area contributed by atoms with Crippen molar-refractivity contribution < 1.29 is 14.6 Å². The van der Waals surface area contributed by atoms with Crippen LogP contribution < -0.4 is 5.43 Å². The summed E-state index contributed by atoms with van der Waals surface area (Å²) in [6.45, 7) is 2.44. The zero-order valence-electron chi connectivity index (χ0n) is 15.2. The topological polar surface area (TPSA) is 140 Å². The number of aliphatic imine (C=N–C) groups is 1. The number of nitrogens with one attached hydrogen (secondary N) is 1. The third kappa shape index (κ3) is 4.63. The number of non-ortho nitro benzene ring substituents is 1. The lowest BCUT2D eigenvalue weighted by Crippen LogP contribution is -2.23. The molecule has 0 saturated carbocycles. The first-order valence-corrected chi connectivity index (χ1v) is 9.41. The number of aryl methyl sites for hydroxylation is 1. The highest BCUT2D eigenvalue weighted by molar-refractivity contribution is 8.16.